The summed E-state index contributed by atoms with van der Waals surface area (Å²) in [5, 5.41) is 3.71. The van der Waals surface area contributed by atoms with Gasteiger partial charge in [-0.3, -0.25) is 4.98 Å². The minimum absolute atomic E-state index is 0.203. The molecule has 1 aromatic heterocycles. The molecule has 1 N–H and O–H groups in total. The quantitative estimate of drug-likeness (QED) is 0.874. The van der Waals surface area contributed by atoms with E-state index in [1.807, 2.05) is 6.20 Å². The van der Waals surface area contributed by atoms with Gasteiger partial charge in [0.15, 0.2) is 0 Å². The molecule has 1 heterocycles. The number of nitrogens with one attached hydrogen (secondary N) is 1. The fourth-order valence-corrected chi connectivity index (χ4v) is 3.56. The minimum Gasteiger partial charge on any atom is -0.312 e. The maximum absolute atomic E-state index is 4.35. The summed E-state index contributed by atoms with van der Waals surface area (Å²) in [7, 11) is 0. The van der Waals surface area contributed by atoms with Gasteiger partial charge in [0.1, 0.15) is 0 Å². The molecule has 2 heteroatoms. The highest BCUT2D eigenvalue weighted by Gasteiger charge is 2.33. The average Bonchev–Trinajstić information content (AvgIpc) is 2.45. The number of nitrogens with zero attached hydrogens (tertiary/aromatic N) is 1. The highest BCUT2D eigenvalue weighted by Crippen LogP contribution is 2.42. The van der Waals surface area contributed by atoms with Crippen LogP contribution in [0.1, 0.15) is 65.4 Å². The van der Waals surface area contributed by atoms with Gasteiger partial charge >= 0.3 is 0 Å². The maximum Gasteiger partial charge on any atom is 0.0302 e. The van der Waals surface area contributed by atoms with Crippen LogP contribution in [0, 0.1) is 17.8 Å². The topological polar surface area (TPSA) is 24.9 Å². The van der Waals surface area contributed by atoms with E-state index in [1.54, 1.807) is 0 Å². The van der Waals surface area contributed by atoms with Crippen LogP contribution >= 0.6 is 0 Å². The molecule has 3 unspecified atom stereocenters. The minimum atomic E-state index is 0.203. The van der Waals surface area contributed by atoms with Crippen LogP contribution in [-0.2, 0) is 0 Å². The number of pyridine rings is 1. The van der Waals surface area contributed by atoms with Crippen LogP contribution in [0.5, 0.6) is 0 Å². The molecule has 2 rings (SSSR count). The fourth-order valence-electron chi connectivity index (χ4n) is 3.56. The molecule has 1 aliphatic rings. The van der Waals surface area contributed by atoms with Crippen molar-refractivity contribution in [3.05, 3.63) is 30.1 Å². The third-order valence-electron chi connectivity index (χ3n) is 4.98. The number of hydrogen-bond donors (Lipinski definition) is 1. The Morgan fingerprint density at radius 1 is 1.29 bits per heavy atom. The predicted octanol–water partition coefficient (Wildman–Crippen LogP) is 4.63. The Morgan fingerprint density at radius 2 is 2.05 bits per heavy atom. The van der Waals surface area contributed by atoms with Gasteiger partial charge in [-0.25, -0.2) is 0 Å². The van der Waals surface area contributed by atoms with E-state index in [0.717, 1.165) is 24.3 Å². The molecule has 0 amide bonds. The van der Waals surface area contributed by atoms with Gasteiger partial charge in [0, 0.05) is 17.9 Å². The molecule has 0 aromatic carbocycles. The molecule has 0 saturated heterocycles. The molecule has 0 aliphatic heterocycles. The van der Waals surface area contributed by atoms with Crippen LogP contribution < -0.4 is 5.32 Å². The SMILES string of the molecule is CC(C)C1CCC(CNC(C)(C)C)C(c2cccnc2)C1. The Hall–Kier alpha value is -0.890. The van der Waals surface area contributed by atoms with E-state index in [1.165, 1.54) is 24.8 Å². The van der Waals surface area contributed by atoms with Crippen molar-refractivity contribution in [2.45, 2.75) is 65.3 Å². The molecule has 1 saturated carbocycles. The second kappa shape index (κ2) is 6.91. The Morgan fingerprint density at radius 3 is 2.62 bits per heavy atom. The Labute approximate surface area is 130 Å². The standard InChI is InChI=1S/C19H32N2/c1-14(2)15-8-9-17(13-21-19(3,4)5)18(11-15)16-7-6-10-20-12-16/h6-7,10,12,14-15,17-18,21H,8-9,11,13H2,1-5H3. The van der Waals surface area contributed by atoms with Gasteiger partial charge in [0.05, 0.1) is 0 Å². The van der Waals surface area contributed by atoms with E-state index < -0.39 is 0 Å². The van der Waals surface area contributed by atoms with Crippen LogP contribution in [0.4, 0.5) is 0 Å². The van der Waals surface area contributed by atoms with Crippen molar-refractivity contribution >= 4 is 0 Å². The molecular formula is C19H32N2. The summed E-state index contributed by atoms with van der Waals surface area (Å²) < 4.78 is 0. The van der Waals surface area contributed by atoms with Crippen LogP contribution in [0.3, 0.4) is 0 Å². The molecule has 1 fully saturated rings. The van der Waals surface area contributed by atoms with Crippen LogP contribution in [0.25, 0.3) is 0 Å². The van der Waals surface area contributed by atoms with Crippen molar-refractivity contribution in [3.63, 3.8) is 0 Å². The van der Waals surface area contributed by atoms with E-state index in [0.29, 0.717) is 5.92 Å². The second-order valence-corrected chi connectivity index (χ2v) is 8.10. The molecule has 0 bridgehead atoms. The average molecular weight is 288 g/mol. The van der Waals surface area contributed by atoms with Crippen LogP contribution in [0.2, 0.25) is 0 Å². The van der Waals surface area contributed by atoms with Gasteiger partial charge in [-0.15, -0.1) is 0 Å². The fraction of sp³-hybridized carbons (Fsp3) is 0.737. The van der Waals surface area contributed by atoms with Crippen molar-refractivity contribution in [2.75, 3.05) is 6.54 Å². The molecule has 0 radical (unpaired) electrons. The number of aromatic nitrogens is 1. The van der Waals surface area contributed by atoms with E-state index in [4.69, 9.17) is 0 Å². The zero-order valence-electron chi connectivity index (χ0n) is 14.4. The highest BCUT2D eigenvalue weighted by molar-refractivity contribution is 5.17. The molecule has 118 valence electrons. The van der Waals surface area contributed by atoms with Gasteiger partial charge in [0.25, 0.3) is 0 Å². The molecule has 1 aliphatic carbocycles. The van der Waals surface area contributed by atoms with Crippen molar-refractivity contribution in [3.8, 4) is 0 Å². The van der Waals surface area contributed by atoms with Crippen molar-refractivity contribution in [2.24, 2.45) is 17.8 Å². The Balaban J connectivity index is 2.11. The highest BCUT2D eigenvalue weighted by atomic mass is 14.9. The Bertz CT molecular complexity index is 419. The first-order valence-corrected chi connectivity index (χ1v) is 8.52. The first-order valence-electron chi connectivity index (χ1n) is 8.52. The first kappa shape index (κ1) is 16.5. The first-order chi connectivity index (χ1) is 9.87. The van der Waals surface area contributed by atoms with Crippen molar-refractivity contribution in [1.82, 2.24) is 10.3 Å². The van der Waals surface area contributed by atoms with Gasteiger partial charge in [-0.1, -0.05) is 19.9 Å². The summed E-state index contributed by atoms with van der Waals surface area (Å²) in [6, 6.07) is 4.35. The normalized spacial score (nSPS) is 27.0. The van der Waals surface area contributed by atoms with E-state index in [2.05, 4.69) is 63.2 Å². The zero-order chi connectivity index (χ0) is 15.5. The summed E-state index contributed by atoms with van der Waals surface area (Å²) >= 11 is 0. The van der Waals surface area contributed by atoms with Gasteiger partial charge in [-0.2, -0.15) is 0 Å². The van der Waals surface area contributed by atoms with Crippen molar-refractivity contribution in [1.29, 1.82) is 0 Å². The van der Waals surface area contributed by atoms with Crippen LogP contribution in [-0.4, -0.2) is 17.1 Å². The summed E-state index contributed by atoms with van der Waals surface area (Å²) in [4.78, 5) is 4.35. The zero-order valence-corrected chi connectivity index (χ0v) is 14.4. The number of hydrogen-bond acceptors (Lipinski definition) is 2. The predicted molar refractivity (Wildman–Crippen MR) is 90.4 cm³/mol. The lowest BCUT2D eigenvalue weighted by Gasteiger charge is -2.39. The van der Waals surface area contributed by atoms with E-state index >= 15 is 0 Å². The molecule has 2 nitrogen and oxygen atoms in total. The smallest absolute Gasteiger partial charge is 0.0302 e. The molecular weight excluding hydrogens is 256 g/mol. The second-order valence-electron chi connectivity index (χ2n) is 8.10. The van der Waals surface area contributed by atoms with E-state index in [-0.39, 0.29) is 5.54 Å². The van der Waals surface area contributed by atoms with Gasteiger partial charge in [-0.05, 0) is 81.9 Å². The molecule has 0 spiro atoms. The number of rotatable bonds is 4. The lowest BCUT2D eigenvalue weighted by atomic mass is 9.68. The van der Waals surface area contributed by atoms with Gasteiger partial charge in [0.2, 0.25) is 0 Å². The summed E-state index contributed by atoms with van der Waals surface area (Å²) in [5.41, 5.74) is 1.64. The van der Waals surface area contributed by atoms with Gasteiger partial charge < -0.3 is 5.32 Å². The molecule has 21 heavy (non-hydrogen) atoms. The summed E-state index contributed by atoms with van der Waals surface area (Å²) in [5.74, 6) is 3.06. The lowest BCUT2D eigenvalue weighted by Crippen LogP contribution is -2.42. The largest absolute Gasteiger partial charge is 0.312 e. The lowest BCUT2D eigenvalue weighted by molar-refractivity contribution is 0.182. The summed E-state index contributed by atoms with van der Waals surface area (Å²) in [6.07, 6.45) is 8.00. The van der Waals surface area contributed by atoms with Crippen LogP contribution in [0.15, 0.2) is 24.5 Å². The summed E-state index contributed by atoms with van der Waals surface area (Å²) in [6.45, 7) is 12.6. The Kier molecular flexibility index (Phi) is 5.43. The molecule has 1 aromatic rings. The van der Waals surface area contributed by atoms with E-state index in [9.17, 15) is 0 Å². The monoisotopic (exact) mass is 288 g/mol. The third-order valence-corrected chi connectivity index (χ3v) is 4.98. The third kappa shape index (κ3) is 4.81. The maximum atomic E-state index is 4.35. The molecule has 3 atom stereocenters. The van der Waals surface area contributed by atoms with Crippen molar-refractivity contribution < 1.29 is 0 Å².